The van der Waals surface area contributed by atoms with Gasteiger partial charge in [-0.15, -0.1) is 0 Å². The Kier molecular flexibility index (Phi) is 4.26. The van der Waals surface area contributed by atoms with Gasteiger partial charge in [0.2, 0.25) is 0 Å². The zero-order valence-electron chi connectivity index (χ0n) is 15.0. The van der Waals surface area contributed by atoms with Gasteiger partial charge in [0.25, 0.3) is 11.8 Å². The van der Waals surface area contributed by atoms with Crippen LogP contribution < -0.4 is 5.32 Å². The van der Waals surface area contributed by atoms with Crippen LogP contribution in [-0.2, 0) is 4.79 Å². The number of aryl methyl sites for hydroxylation is 1. The van der Waals surface area contributed by atoms with E-state index in [9.17, 15) is 14.0 Å². The first-order valence-corrected chi connectivity index (χ1v) is 9.00. The van der Waals surface area contributed by atoms with E-state index < -0.39 is 11.5 Å². The molecule has 0 saturated carbocycles. The van der Waals surface area contributed by atoms with Crippen LogP contribution in [0.25, 0.3) is 0 Å². The summed E-state index contributed by atoms with van der Waals surface area (Å²) < 4.78 is 13.4. The maximum absolute atomic E-state index is 13.4. The second kappa shape index (κ2) is 6.61. The number of aliphatic imine (C=N–C) groups is 1. The summed E-state index contributed by atoms with van der Waals surface area (Å²) in [5.41, 5.74) is 2.05. The smallest absolute Gasteiger partial charge is 0.272 e. The molecule has 2 aromatic carbocycles. The SMILES string of the molecule is Cc1ccc(C2=NC3(CCN(C(=O)c4cccc(F)c4)CC3)NC2=O)cc1. The summed E-state index contributed by atoms with van der Waals surface area (Å²) in [6.45, 7) is 2.91. The van der Waals surface area contributed by atoms with Crippen molar-refractivity contribution in [2.75, 3.05) is 13.1 Å². The van der Waals surface area contributed by atoms with Gasteiger partial charge in [-0.25, -0.2) is 4.39 Å². The minimum atomic E-state index is -0.657. The maximum Gasteiger partial charge on any atom is 0.272 e. The van der Waals surface area contributed by atoms with Gasteiger partial charge in [-0.3, -0.25) is 14.6 Å². The minimum Gasteiger partial charge on any atom is -0.338 e. The molecule has 1 N–H and O–H groups in total. The lowest BCUT2D eigenvalue weighted by Gasteiger charge is -2.37. The third kappa shape index (κ3) is 3.35. The van der Waals surface area contributed by atoms with Crippen molar-refractivity contribution in [1.82, 2.24) is 10.2 Å². The lowest BCUT2D eigenvalue weighted by atomic mass is 9.97. The molecule has 1 fully saturated rings. The minimum absolute atomic E-state index is 0.177. The van der Waals surface area contributed by atoms with Crippen molar-refractivity contribution in [3.8, 4) is 0 Å². The zero-order valence-corrected chi connectivity index (χ0v) is 15.0. The van der Waals surface area contributed by atoms with Crippen molar-refractivity contribution < 1.29 is 14.0 Å². The predicted octanol–water partition coefficient (Wildman–Crippen LogP) is 2.69. The van der Waals surface area contributed by atoms with Crippen LogP contribution in [0.5, 0.6) is 0 Å². The summed E-state index contributed by atoms with van der Waals surface area (Å²) in [6.07, 6.45) is 1.07. The van der Waals surface area contributed by atoms with Crippen LogP contribution >= 0.6 is 0 Å². The molecule has 6 heteroatoms. The van der Waals surface area contributed by atoms with Gasteiger partial charge >= 0.3 is 0 Å². The van der Waals surface area contributed by atoms with Crippen molar-refractivity contribution in [2.45, 2.75) is 25.4 Å². The third-order valence-electron chi connectivity index (χ3n) is 5.16. The molecule has 2 aromatic rings. The molecule has 0 atom stereocenters. The summed E-state index contributed by atoms with van der Waals surface area (Å²) in [6, 6.07) is 13.4. The number of likely N-dealkylation sites (tertiary alicyclic amines) is 1. The monoisotopic (exact) mass is 365 g/mol. The molecule has 2 aliphatic rings. The van der Waals surface area contributed by atoms with Crippen LogP contribution in [0.3, 0.4) is 0 Å². The quantitative estimate of drug-likeness (QED) is 0.889. The van der Waals surface area contributed by atoms with Gasteiger partial charge < -0.3 is 10.2 Å². The molecule has 0 unspecified atom stereocenters. The second-order valence-electron chi connectivity index (χ2n) is 7.11. The Morgan fingerprint density at radius 1 is 1.15 bits per heavy atom. The summed E-state index contributed by atoms with van der Waals surface area (Å²) in [7, 11) is 0. The van der Waals surface area contributed by atoms with Crippen molar-refractivity contribution in [2.24, 2.45) is 4.99 Å². The van der Waals surface area contributed by atoms with Gasteiger partial charge in [-0.05, 0) is 25.1 Å². The molecule has 2 amide bonds. The van der Waals surface area contributed by atoms with Crippen LogP contribution in [0.4, 0.5) is 4.39 Å². The van der Waals surface area contributed by atoms with Gasteiger partial charge in [0.1, 0.15) is 17.2 Å². The first kappa shape index (κ1) is 17.4. The Balaban J connectivity index is 1.49. The molecule has 2 heterocycles. The number of carbonyl (C=O) groups is 2. The average Bonchev–Trinajstić information content (AvgIpc) is 2.98. The molecule has 0 bridgehead atoms. The highest BCUT2D eigenvalue weighted by molar-refractivity contribution is 6.46. The van der Waals surface area contributed by atoms with E-state index >= 15 is 0 Å². The Labute approximate surface area is 156 Å². The van der Waals surface area contributed by atoms with Gasteiger partial charge in [0.05, 0.1) is 0 Å². The lowest BCUT2D eigenvalue weighted by Crippen LogP contribution is -2.52. The Morgan fingerprint density at radius 2 is 1.85 bits per heavy atom. The molecule has 2 aliphatic heterocycles. The van der Waals surface area contributed by atoms with E-state index in [0.717, 1.165) is 11.1 Å². The highest BCUT2D eigenvalue weighted by Crippen LogP contribution is 2.29. The third-order valence-corrected chi connectivity index (χ3v) is 5.16. The highest BCUT2D eigenvalue weighted by atomic mass is 19.1. The molecule has 0 radical (unpaired) electrons. The first-order chi connectivity index (χ1) is 13.0. The van der Waals surface area contributed by atoms with Gasteiger partial charge in [0, 0.05) is 37.1 Å². The molecule has 1 spiro atoms. The number of hydrogen-bond donors (Lipinski definition) is 1. The van der Waals surface area contributed by atoms with E-state index in [1.807, 2.05) is 31.2 Å². The van der Waals surface area contributed by atoms with Crippen LogP contribution in [-0.4, -0.2) is 41.2 Å². The second-order valence-corrected chi connectivity index (χ2v) is 7.11. The summed E-state index contributed by atoms with van der Waals surface area (Å²) in [4.78, 5) is 31.4. The van der Waals surface area contributed by atoms with E-state index in [0.29, 0.717) is 37.2 Å². The van der Waals surface area contributed by atoms with E-state index in [1.165, 1.54) is 18.2 Å². The number of amides is 2. The van der Waals surface area contributed by atoms with Crippen molar-refractivity contribution >= 4 is 17.5 Å². The van der Waals surface area contributed by atoms with Crippen LogP contribution in [0.1, 0.15) is 34.3 Å². The standard InChI is InChI=1S/C21H20FN3O2/c1-14-5-7-15(8-6-14)18-19(26)24-21(23-18)9-11-25(12-10-21)20(27)16-3-2-4-17(22)13-16/h2-8,13H,9-12H2,1H3,(H,24,26). The zero-order chi connectivity index (χ0) is 19.0. The summed E-state index contributed by atoms with van der Waals surface area (Å²) in [5, 5.41) is 3.00. The fourth-order valence-corrected chi connectivity index (χ4v) is 3.59. The number of nitrogens with one attached hydrogen (secondary N) is 1. The van der Waals surface area contributed by atoms with E-state index in [-0.39, 0.29) is 11.8 Å². The number of hydrogen-bond acceptors (Lipinski definition) is 3. The van der Waals surface area contributed by atoms with Gasteiger partial charge in [-0.1, -0.05) is 35.9 Å². The van der Waals surface area contributed by atoms with Crippen LogP contribution in [0, 0.1) is 12.7 Å². The van der Waals surface area contributed by atoms with E-state index in [4.69, 9.17) is 4.99 Å². The largest absolute Gasteiger partial charge is 0.338 e. The normalized spacial score (nSPS) is 18.4. The fraction of sp³-hybridized carbons (Fsp3) is 0.286. The number of halogens is 1. The van der Waals surface area contributed by atoms with Crippen LogP contribution in [0.15, 0.2) is 53.5 Å². The number of carbonyl (C=O) groups excluding carboxylic acids is 2. The Hall–Kier alpha value is -3.02. The summed E-state index contributed by atoms with van der Waals surface area (Å²) >= 11 is 0. The number of benzene rings is 2. The van der Waals surface area contributed by atoms with Crippen molar-refractivity contribution in [1.29, 1.82) is 0 Å². The topological polar surface area (TPSA) is 61.8 Å². The molecule has 27 heavy (non-hydrogen) atoms. The Bertz CT molecular complexity index is 929. The molecule has 0 aliphatic carbocycles. The number of piperidine rings is 1. The lowest BCUT2D eigenvalue weighted by molar-refractivity contribution is -0.115. The molecule has 1 saturated heterocycles. The van der Waals surface area contributed by atoms with Crippen molar-refractivity contribution in [3.05, 3.63) is 71.0 Å². The molecular formula is C21H20FN3O2. The predicted molar refractivity (Wildman–Crippen MR) is 100 cm³/mol. The highest BCUT2D eigenvalue weighted by Gasteiger charge is 2.42. The fourth-order valence-electron chi connectivity index (χ4n) is 3.59. The van der Waals surface area contributed by atoms with E-state index in [2.05, 4.69) is 5.32 Å². The first-order valence-electron chi connectivity index (χ1n) is 9.00. The average molecular weight is 365 g/mol. The number of rotatable bonds is 2. The van der Waals surface area contributed by atoms with Gasteiger partial charge in [0.15, 0.2) is 0 Å². The molecular weight excluding hydrogens is 345 g/mol. The van der Waals surface area contributed by atoms with Crippen molar-refractivity contribution in [3.63, 3.8) is 0 Å². The number of nitrogens with zero attached hydrogens (tertiary/aromatic N) is 2. The molecule has 5 nitrogen and oxygen atoms in total. The molecule has 0 aromatic heterocycles. The van der Waals surface area contributed by atoms with Crippen LogP contribution in [0.2, 0.25) is 0 Å². The summed E-state index contributed by atoms with van der Waals surface area (Å²) in [5.74, 6) is -0.801. The molecule has 138 valence electrons. The maximum atomic E-state index is 13.4. The Morgan fingerprint density at radius 3 is 2.52 bits per heavy atom. The molecule has 4 rings (SSSR count). The van der Waals surface area contributed by atoms with E-state index in [1.54, 1.807) is 11.0 Å². The van der Waals surface area contributed by atoms with Gasteiger partial charge in [-0.2, -0.15) is 0 Å².